The number of fused-ring (bicyclic) bond motifs is 1. The summed E-state index contributed by atoms with van der Waals surface area (Å²) in [5.41, 5.74) is 1.08. The van der Waals surface area contributed by atoms with E-state index in [1.54, 1.807) is 18.0 Å². The smallest absolute Gasteiger partial charge is 0.204 e. The lowest BCUT2D eigenvalue weighted by atomic mass is 10.2. The van der Waals surface area contributed by atoms with Gasteiger partial charge in [0.25, 0.3) is 0 Å². The highest BCUT2D eigenvalue weighted by atomic mass is 35.5. The van der Waals surface area contributed by atoms with Gasteiger partial charge in [0.05, 0.1) is 12.8 Å². The molecule has 0 amide bonds. The molecule has 0 N–H and O–H groups in total. The minimum absolute atomic E-state index is 0.488. The highest BCUT2D eigenvalue weighted by molar-refractivity contribution is 7.57. The lowest BCUT2D eigenvalue weighted by Gasteiger charge is -2.11. The van der Waals surface area contributed by atoms with Gasteiger partial charge in [0.2, 0.25) is 7.37 Å². The molecular weight excluding hydrogens is 275 g/mol. The molecule has 0 unspecified atom stereocenters. The molecule has 0 fully saturated rings. The Labute approximate surface area is 110 Å². The molecule has 2 rings (SSSR count). The van der Waals surface area contributed by atoms with E-state index in [2.05, 4.69) is 0 Å². The van der Waals surface area contributed by atoms with E-state index in [1.807, 2.05) is 30.5 Å². The molecule has 0 bridgehead atoms. The average Bonchev–Trinajstić information content (AvgIpc) is 2.60. The number of benzene rings is 1. The number of rotatable bonds is 4. The highest BCUT2D eigenvalue weighted by Crippen LogP contribution is 2.48. The van der Waals surface area contributed by atoms with Crippen LogP contribution in [0.15, 0.2) is 23.6 Å². The van der Waals surface area contributed by atoms with Gasteiger partial charge in [-0.05, 0) is 35.4 Å². The van der Waals surface area contributed by atoms with Gasteiger partial charge in [-0.1, -0.05) is 17.7 Å². The van der Waals surface area contributed by atoms with Gasteiger partial charge >= 0.3 is 0 Å². The Hall–Kier alpha value is -0.340. The largest absolute Gasteiger partial charge is 0.329 e. The van der Waals surface area contributed by atoms with Crippen molar-refractivity contribution in [3.05, 3.63) is 34.2 Å². The Bertz CT molecular complexity index is 579. The van der Waals surface area contributed by atoms with Gasteiger partial charge in [-0.15, -0.1) is 11.3 Å². The van der Waals surface area contributed by atoms with Crippen LogP contribution in [-0.4, -0.2) is 13.3 Å². The Balaban J connectivity index is 2.34. The van der Waals surface area contributed by atoms with E-state index in [1.165, 1.54) is 0 Å². The van der Waals surface area contributed by atoms with Gasteiger partial charge in [-0.2, -0.15) is 0 Å². The summed E-state index contributed by atoms with van der Waals surface area (Å²) < 4.78 is 18.6. The summed E-state index contributed by atoms with van der Waals surface area (Å²) in [4.78, 5) is 0. The van der Waals surface area contributed by atoms with Crippen molar-refractivity contribution >= 4 is 40.4 Å². The topological polar surface area (TPSA) is 26.3 Å². The van der Waals surface area contributed by atoms with E-state index in [0.29, 0.717) is 12.8 Å². The third kappa shape index (κ3) is 3.11. The summed E-state index contributed by atoms with van der Waals surface area (Å²) in [7, 11) is -2.52. The summed E-state index contributed by atoms with van der Waals surface area (Å²) in [5.74, 6) is 0. The van der Waals surface area contributed by atoms with Gasteiger partial charge in [-0.3, -0.25) is 4.57 Å². The summed E-state index contributed by atoms with van der Waals surface area (Å²) in [6, 6.07) is 5.78. The molecule has 0 aliphatic heterocycles. The first-order valence-electron chi connectivity index (χ1n) is 5.38. The van der Waals surface area contributed by atoms with Crippen LogP contribution >= 0.6 is 30.3 Å². The van der Waals surface area contributed by atoms with Crippen molar-refractivity contribution in [2.75, 3.05) is 13.3 Å². The molecule has 1 atom stereocenters. The maximum absolute atomic E-state index is 12.1. The minimum Gasteiger partial charge on any atom is -0.329 e. The molecule has 1 heterocycles. The molecule has 0 saturated heterocycles. The van der Waals surface area contributed by atoms with Crippen LogP contribution in [0.5, 0.6) is 0 Å². The first-order valence-corrected chi connectivity index (χ1v) is 8.90. The standard InChI is InChI=1S/C12H14ClO2PS/c1-3-15-16(2,14)7-9-8-17-12-6-10(13)4-5-11(9)12/h4-6,8H,3,7H2,1-2H3/t16-/m0/s1. The Morgan fingerprint density at radius 3 is 2.94 bits per heavy atom. The Morgan fingerprint density at radius 1 is 1.47 bits per heavy atom. The van der Waals surface area contributed by atoms with E-state index >= 15 is 0 Å². The molecule has 2 aromatic rings. The zero-order chi connectivity index (χ0) is 12.5. The summed E-state index contributed by atoms with van der Waals surface area (Å²) in [6.07, 6.45) is 0.489. The van der Waals surface area contributed by atoms with Crippen molar-refractivity contribution in [1.29, 1.82) is 0 Å². The van der Waals surface area contributed by atoms with Crippen LogP contribution < -0.4 is 0 Å². The monoisotopic (exact) mass is 288 g/mol. The van der Waals surface area contributed by atoms with Crippen LogP contribution in [0.25, 0.3) is 10.1 Å². The lowest BCUT2D eigenvalue weighted by molar-refractivity contribution is 0.336. The van der Waals surface area contributed by atoms with E-state index in [0.717, 1.165) is 20.7 Å². The van der Waals surface area contributed by atoms with Crippen molar-refractivity contribution in [3.8, 4) is 0 Å². The molecule has 1 aromatic carbocycles. The molecule has 17 heavy (non-hydrogen) atoms. The SMILES string of the molecule is CCO[P@](C)(=O)Cc1csc2cc(Cl)ccc12. The number of halogens is 1. The fourth-order valence-corrected chi connectivity index (χ4v) is 4.69. The molecular formula is C12H14ClO2PS. The Kier molecular flexibility index (Phi) is 3.94. The second-order valence-electron chi connectivity index (χ2n) is 3.99. The van der Waals surface area contributed by atoms with Crippen molar-refractivity contribution in [3.63, 3.8) is 0 Å². The van der Waals surface area contributed by atoms with Crippen LogP contribution in [0.1, 0.15) is 12.5 Å². The molecule has 0 spiro atoms. The molecule has 0 aliphatic rings. The minimum atomic E-state index is -2.52. The molecule has 0 radical (unpaired) electrons. The van der Waals surface area contributed by atoms with Crippen LogP contribution in [0, 0.1) is 0 Å². The molecule has 1 aromatic heterocycles. The van der Waals surface area contributed by atoms with Gasteiger partial charge in [0.15, 0.2) is 0 Å². The zero-order valence-electron chi connectivity index (χ0n) is 9.77. The van der Waals surface area contributed by atoms with Crippen LogP contribution in [-0.2, 0) is 15.3 Å². The van der Waals surface area contributed by atoms with Crippen LogP contribution in [0.3, 0.4) is 0 Å². The maximum atomic E-state index is 12.1. The number of thiophene rings is 1. The van der Waals surface area contributed by atoms with Crippen molar-refractivity contribution < 1.29 is 9.09 Å². The predicted molar refractivity (Wildman–Crippen MR) is 75.7 cm³/mol. The first-order chi connectivity index (χ1) is 8.02. The van der Waals surface area contributed by atoms with Crippen molar-refractivity contribution in [1.82, 2.24) is 0 Å². The molecule has 0 aliphatic carbocycles. The quantitative estimate of drug-likeness (QED) is 0.740. The fourth-order valence-electron chi connectivity index (χ4n) is 1.81. The average molecular weight is 289 g/mol. The molecule has 92 valence electrons. The number of hydrogen-bond donors (Lipinski definition) is 0. The van der Waals surface area contributed by atoms with E-state index in [4.69, 9.17) is 16.1 Å². The maximum Gasteiger partial charge on any atom is 0.204 e. The van der Waals surface area contributed by atoms with Crippen molar-refractivity contribution in [2.45, 2.75) is 13.1 Å². The second kappa shape index (κ2) is 5.11. The summed E-state index contributed by atoms with van der Waals surface area (Å²) >= 11 is 7.56. The molecule has 2 nitrogen and oxygen atoms in total. The predicted octanol–water partition coefficient (Wildman–Crippen LogP) is 5.00. The van der Waals surface area contributed by atoms with E-state index < -0.39 is 7.37 Å². The van der Waals surface area contributed by atoms with Crippen LogP contribution in [0.2, 0.25) is 5.02 Å². The first kappa shape index (κ1) is 13.1. The highest BCUT2D eigenvalue weighted by Gasteiger charge is 2.18. The van der Waals surface area contributed by atoms with Crippen LogP contribution in [0.4, 0.5) is 0 Å². The van der Waals surface area contributed by atoms with Gasteiger partial charge < -0.3 is 4.52 Å². The summed E-state index contributed by atoms with van der Waals surface area (Å²) in [6.45, 7) is 4.04. The van der Waals surface area contributed by atoms with Gasteiger partial charge in [0, 0.05) is 16.4 Å². The summed E-state index contributed by atoms with van der Waals surface area (Å²) in [5, 5.41) is 3.90. The third-order valence-corrected chi connectivity index (χ3v) is 5.43. The Morgan fingerprint density at radius 2 is 2.24 bits per heavy atom. The zero-order valence-corrected chi connectivity index (χ0v) is 12.2. The lowest BCUT2D eigenvalue weighted by Crippen LogP contribution is -1.91. The van der Waals surface area contributed by atoms with Gasteiger partial charge in [-0.25, -0.2) is 0 Å². The number of hydrogen-bond acceptors (Lipinski definition) is 3. The molecule has 5 heteroatoms. The van der Waals surface area contributed by atoms with E-state index in [9.17, 15) is 4.57 Å². The molecule has 0 saturated carbocycles. The van der Waals surface area contributed by atoms with Crippen molar-refractivity contribution in [2.24, 2.45) is 0 Å². The third-order valence-electron chi connectivity index (χ3n) is 2.48. The fraction of sp³-hybridized carbons (Fsp3) is 0.333. The van der Waals surface area contributed by atoms with E-state index in [-0.39, 0.29) is 0 Å². The second-order valence-corrected chi connectivity index (χ2v) is 7.94. The van der Waals surface area contributed by atoms with Gasteiger partial charge in [0.1, 0.15) is 0 Å². The normalized spacial score (nSPS) is 15.0.